The van der Waals surface area contributed by atoms with Gasteiger partial charge in [0.2, 0.25) is 0 Å². The number of hydrogen-bond donors (Lipinski definition) is 1. The average Bonchev–Trinajstić information content (AvgIpc) is 2.96. The van der Waals surface area contributed by atoms with Crippen LogP contribution < -0.4 is 5.32 Å². The first-order chi connectivity index (χ1) is 18.8. The van der Waals surface area contributed by atoms with Crippen molar-refractivity contribution in [2.45, 2.75) is 36.7 Å². The first-order valence-electron chi connectivity index (χ1n) is 12.5. The Bertz CT molecular complexity index is 1630. The number of aromatic nitrogens is 1. The zero-order valence-corrected chi connectivity index (χ0v) is 21.8. The lowest BCUT2D eigenvalue weighted by Gasteiger charge is -2.34. The minimum atomic E-state index is -4.35. The summed E-state index contributed by atoms with van der Waals surface area (Å²) in [6.45, 7) is -0.0957. The normalized spacial score (nSPS) is 14.9. The molecule has 1 aromatic heterocycles. The van der Waals surface area contributed by atoms with Crippen molar-refractivity contribution < 1.29 is 18.1 Å². The molecule has 1 amide bonds. The van der Waals surface area contributed by atoms with Crippen LogP contribution in [0.15, 0.2) is 102 Å². The van der Waals surface area contributed by atoms with Crippen LogP contribution in [0, 0.1) is 10.1 Å². The number of nitrogens with zero attached hydrogens (tertiary/aromatic N) is 3. The number of nitrogens with one attached hydrogen (secondary N) is 1. The minimum absolute atomic E-state index is 0.0957. The van der Waals surface area contributed by atoms with Crippen molar-refractivity contribution in [3.63, 3.8) is 0 Å². The number of aryl methyl sites for hydroxylation is 1. The van der Waals surface area contributed by atoms with E-state index in [0.29, 0.717) is 28.9 Å². The lowest BCUT2D eigenvalue weighted by atomic mass is 9.91. The highest BCUT2D eigenvalue weighted by molar-refractivity contribution is 7.89. The molecule has 1 heterocycles. The zero-order valence-electron chi connectivity index (χ0n) is 20.9. The Hall–Kier alpha value is -4.41. The van der Waals surface area contributed by atoms with E-state index >= 15 is 0 Å². The predicted octanol–water partition coefficient (Wildman–Crippen LogP) is 5.51. The maximum absolute atomic E-state index is 14.1. The highest BCUT2D eigenvalue weighted by Gasteiger charge is 2.39. The van der Waals surface area contributed by atoms with Crippen LogP contribution in [0.5, 0.6) is 0 Å². The van der Waals surface area contributed by atoms with Crippen molar-refractivity contribution in [1.29, 1.82) is 0 Å². The number of rotatable bonds is 8. The van der Waals surface area contributed by atoms with Crippen LogP contribution in [0.1, 0.15) is 46.1 Å². The van der Waals surface area contributed by atoms with Crippen molar-refractivity contribution in [2.24, 2.45) is 0 Å². The smallest absolute Gasteiger partial charge is 0.289 e. The molecule has 0 fully saturated rings. The van der Waals surface area contributed by atoms with Crippen molar-refractivity contribution in [3.05, 3.63) is 130 Å². The van der Waals surface area contributed by atoms with Crippen molar-refractivity contribution in [3.8, 4) is 0 Å². The van der Waals surface area contributed by atoms with Crippen LogP contribution in [-0.4, -0.2) is 28.5 Å². The number of pyridine rings is 1. The fourth-order valence-corrected chi connectivity index (χ4v) is 6.67. The largest absolute Gasteiger partial charge is 0.322 e. The predicted molar refractivity (Wildman–Crippen MR) is 147 cm³/mol. The number of fused-ring (bicyclic) bond motifs is 1. The number of sulfonamides is 1. The van der Waals surface area contributed by atoms with Gasteiger partial charge in [0.05, 0.1) is 16.7 Å². The molecule has 3 aromatic carbocycles. The molecule has 1 unspecified atom stereocenters. The molecular weight excluding hydrogens is 516 g/mol. The SMILES string of the molecule is O=C(Nc1ccccc1)c1cccc(CN(C2CCCc3cccnc32)S(=O)(=O)c2ccccc2[N+](=O)[O-])c1. The first kappa shape index (κ1) is 26.2. The van der Waals surface area contributed by atoms with Gasteiger partial charge in [0.25, 0.3) is 21.6 Å². The molecule has 0 spiro atoms. The lowest BCUT2D eigenvalue weighted by molar-refractivity contribution is -0.387. The van der Waals surface area contributed by atoms with Gasteiger partial charge in [-0.25, -0.2) is 8.42 Å². The van der Waals surface area contributed by atoms with E-state index in [1.807, 2.05) is 30.3 Å². The van der Waals surface area contributed by atoms with Gasteiger partial charge in [0.15, 0.2) is 4.90 Å². The van der Waals surface area contributed by atoms with Gasteiger partial charge in [-0.05, 0) is 66.8 Å². The van der Waals surface area contributed by atoms with Gasteiger partial charge < -0.3 is 5.32 Å². The maximum atomic E-state index is 14.1. The summed E-state index contributed by atoms with van der Waals surface area (Å²) in [6, 6.07) is 24.2. The third-order valence-corrected chi connectivity index (χ3v) is 8.62. The number of benzene rings is 3. The van der Waals surface area contributed by atoms with Crippen LogP contribution in [0.4, 0.5) is 11.4 Å². The van der Waals surface area contributed by atoms with Gasteiger partial charge in [0, 0.05) is 30.1 Å². The summed E-state index contributed by atoms with van der Waals surface area (Å²) in [4.78, 5) is 28.1. The van der Waals surface area contributed by atoms with Gasteiger partial charge in [-0.1, -0.05) is 48.5 Å². The van der Waals surface area contributed by atoms with Crippen molar-refractivity contribution >= 4 is 27.3 Å². The summed E-state index contributed by atoms with van der Waals surface area (Å²) in [7, 11) is -4.35. The van der Waals surface area contributed by atoms with Crippen LogP contribution in [0.25, 0.3) is 0 Å². The van der Waals surface area contributed by atoms with Crippen LogP contribution in [0.3, 0.4) is 0 Å². The zero-order chi connectivity index (χ0) is 27.4. The van der Waals surface area contributed by atoms with E-state index in [1.165, 1.54) is 28.6 Å². The molecule has 0 radical (unpaired) electrons. The molecule has 198 valence electrons. The van der Waals surface area contributed by atoms with Gasteiger partial charge in [0.1, 0.15) is 0 Å². The Morgan fingerprint density at radius 2 is 1.77 bits per heavy atom. The number of para-hydroxylation sites is 2. The third-order valence-electron chi connectivity index (χ3n) is 6.72. The fourth-order valence-electron chi connectivity index (χ4n) is 4.90. The number of amides is 1. The Morgan fingerprint density at radius 3 is 2.56 bits per heavy atom. The van der Waals surface area contributed by atoms with Gasteiger partial charge in [-0.2, -0.15) is 4.31 Å². The number of carbonyl (C=O) groups is 1. The summed E-state index contributed by atoms with van der Waals surface area (Å²) in [6.07, 6.45) is 3.65. The van der Waals surface area contributed by atoms with Gasteiger partial charge in [-0.3, -0.25) is 19.9 Å². The molecule has 0 aliphatic heterocycles. The average molecular weight is 543 g/mol. The number of anilines is 1. The Labute approximate surface area is 226 Å². The van der Waals surface area contributed by atoms with Crippen molar-refractivity contribution in [1.82, 2.24) is 9.29 Å². The van der Waals surface area contributed by atoms with Crippen LogP contribution >= 0.6 is 0 Å². The molecule has 1 aliphatic carbocycles. The highest BCUT2D eigenvalue weighted by Crippen LogP contribution is 2.39. The van der Waals surface area contributed by atoms with Gasteiger partial charge in [-0.15, -0.1) is 0 Å². The summed E-state index contributed by atoms with van der Waals surface area (Å²) in [5, 5.41) is 14.6. The van der Waals surface area contributed by atoms with E-state index in [4.69, 9.17) is 0 Å². The molecule has 4 aromatic rings. The number of nitro benzene ring substituents is 1. The monoisotopic (exact) mass is 542 g/mol. The molecule has 10 heteroatoms. The first-order valence-corrected chi connectivity index (χ1v) is 13.9. The lowest BCUT2D eigenvalue weighted by Crippen LogP contribution is -2.37. The van der Waals surface area contributed by atoms with E-state index in [-0.39, 0.29) is 17.3 Å². The quantitative estimate of drug-likeness (QED) is 0.231. The Morgan fingerprint density at radius 1 is 1.00 bits per heavy atom. The second kappa shape index (κ2) is 11.1. The third kappa shape index (κ3) is 5.57. The number of carbonyl (C=O) groups excluding carboxylic acids is 1. The second-order valence-corrected chi connectivity index (χ2v) is 11.1. The molecule has 0 bridgehead atoms. The topological polar surface area (TPSA) is 123 Å². The Kier molecular flexibility index (Phi) is 7.49. The summed E-state index contributed by atoms with van der Waals surface area (Å²) < 4.78 is 29.6. The number of nitro groups is 1. The van der Waals surface area contributed by atoms with Crippen LogP contribution in [-0.2, 0) is 23.0 Å². The molecular formula is C29H26N4O5S. The summed E-state index contributed by atoms with van der Waals surface area (Å²) >= 11 is 0. The maximum Gasteiger partial charge on any atom is 0.289 e. The van der Waals surface area contributed by atoms with E-state index in [1.54, 1.807) is 42.6 Å². The number of hydrogen-bond acceptors (Lipinski definition) is 6. The van der Waals surface area contributed by atoms with Crippen LogP contribution in [0.2, 0.25) is 0 Å². The van der Waals surface area contributed by atoms with E-state index in [2.05, 4.69) is 10.3 Å². The standard InChI is InChI=1S/C29H26N4O5S/c34-29(31-24-13-2-1-3-14-24)23-11-6-9-21(19-23)20-32(26-16-7-10-22-12-8-18-30-28(22)26)39(37,38)27-17-5-4-15-25(27)33(35)36/h1-6,8-9,11-15,17-19,26H,7,10,16,20H2,(H,31,34). The fraction of sp³-hybridized carbons (Fsp3) is 0.172. The highest BCUT2D eigenvalue weighted by atomic mass is 32.2. The van der Waals surface area contributed by atoms with Gasteiger partial charge >= 0.3 is 0 Å². The Balaban J connectivity index is 1.55. The molecule has 0 saturated carbocycles. The molecule has 39 heavy (non-hydrogen) atoms. The summed E-state index contributed by atoms with van der Waals surface area (Å²) in [5.74, 6) is -0.333. The minimum Gasteiger partial charge on any atom is -0.322 e. The molecule has 1 aliphatic rings. The second-order valence-electron chi connectivity index (χ2n) is 9.25. The molecule has 0 saturated heterocycles. The van der Waals surface area contributed by atoms with E-state index < -0.39 is 26.7 Å². The summed E-state index contributed by atoms with van der Waals surface area (Å²) in [5.41, 5.74) is 2.67. The van der Waals surface area contributed by atoms with Crippen molar-refractivity contribution in [2.75, 3.05) is 5.32 Å². The molecule has 1 atom stereocenters. The molecule has 5 rings (SSSR count). The molecule has 1 N–H and O–H groups in total. The molecule has 9 nitrogen and oxygen atoms in total. The van der Waals surface area contributed by atoms with E-state index in [9.17, 15) is 23.3 Å². The van der Waals surface area contributed by atoms with E-state index in [0.717, 1.165) is 18.4 Å².